The van der Waals surface area contributed by atoms with Gasteiger partial charge in [0.2, 0.25) is 11.8 Å². The molecule has 5 heteroatoms. The number of nitrogens with zero attached hydrogens (tertiary/aromatic N) is 3. The van der Waals surface area contributed by atoms with Crippen molar-refractivity contribution in [2.45, 2.75) is 19.9 Å². The molecule has 0 amide bonds. The number of rotatable bonds is 4. The first-order valence-electron chi connectivity index (χ1n) is 6.79. The van der Waals surface area contributed by atoms with E-state index in [9.17, 15) is 0 Å². The Labute approximate surface area is 123 Å². The molecule has 3 rings (SSSR count). The zero-order valence-electron chi connectivity index (χ0n) is 11.9. The van der Waals surface area contributed by atoms with Gasteiger partial charge in [0.15, 0.2) is 0 Å². The molecule has 0 saturated heterocycles. The average molecular weight is 280 g/mol. The van der Waals surface area contributed by atoms with Crippen LogP contribution in [0.1, 0.15) is 24.4 Å². The highest BCUT2D eigenvalue weighted by Crippen LogP contribution is 2.23. The molecular formula is C16H16N4O. The zero-order chi connectivity index (χ0) is 14.7. The Bertz CT molecular complexity index is 707. The van der Waals surface area contributed by atoms with Crippen LogP contribution in [-0.2, 0) is 0 Å². The molecule has 0 aliphatic heterocycles. The summed E-state index contributed by atoms with van der Waals surface area (Å²) in [6.45, 7) is 3.88. The van der Waals surface area contributed by atoms with E-state index < -0.39 is 0 Å². The van der Waals surface area contributed by atoms with Crippen molar-refractivity contribution < 1.29 is 4.42 Å². The van der Waals surface area contributed by atoms with Gasteiger partial charge in [-0.25, -0.2) is 0 Å². The van der Waals surface area contributed by atoms with Crippen LogP contribution in [-0.4, -0.2) is 15.2 Å². The predicted octanol–water partition coefficient (Wildman–Crippen LogP) is 3.61. The maximum absolute atomic E-state index is 5.41. The van der Waals surface area contributed by atoms with Crippen LogP contribution in [0.15, 0.2) is 53.2 Å². The summed E-state index contributed by atoms with van der Waals surface area (Å²) in [6, 6.07) is 12.1. The molecule has 0 fully saturated rings. The van der Waals surface area contributed by atoms with Crippen molar-refractivity contribution in [2.75, 3.05) is 5.32 Å². The number of nitrogens with one attached hydrogen (secondary N) is 1. The summed E-state index contributed by atoms with van der Waals surface area (Å²) in [5.74, 6) is 1.11. The Morgan fingerprint density at radius 3 is 2.52 bits per heavy atom. The van der Waals surface area contributed by atoms with Gasteiger partial charge < -0.3 is 9.73 Å². The minimum Gasteiger partial charge on any atom is -0.421 e. The SMILES string of the molecule is Cc1nnc(-c2ccc(NC(C)c3cccnc3)cc2)o1. The number of benzene rings is 1. The first kappa shape index (κ1) is 13.3. The molecule has 1 unspecified atom stereocenters. The Kier molecular flexibility index (Phi) is 3.64. The van der Waals surface area contributed by atoms with Crippen molar-refractivity contribution in [1.29, 1.82) is 0 Å². The van der Waals surface area contributed by atoms with Crippen molar-refractivity contribution in [3.63, 3.8) is 0 Å². The van der Waals surface area contributed by atoms with E-state index in [0.717, 1.165) is 16.8 Å². The average Bonchev–Trinajstić information content (AvgIpc) is 2.95. The van der Waals surface area contributed by atoms with Gasteiger partial charge in [0.05, 0.1) is 6.04 Å². The van der Waals surface area contributed by atoms with Gasteiger partial charge >= 0.3 is 0 Å². The minimum absolute atomic E-state index is 0.190. The summed E-state index contributed by atoms with van der Waals surface area (Å²) < 4.78 is 5.41. The Morgan fingerprint density at radius 2 is 1.90 bits per heavy atom. The molecule has 2 heterocycles. The third kappa shape index (κ3) is 3.08. The van der Waals surface area contributed by atoms with Gasteiger partial charge in [-0.15, -0.1) is 10.2 Å². The topological polar surface area (TPSA) is 63.8 Å². The van der Waals surface area contributed by atoms with Gasteiger partial charge in [-0.3, -0.25) is 4.98 Å². The molecule has 0 bridgehead atoms. The van der Waals surface area contributed by atoms with Gasteiger partial charge in [-0.1, -0.05) is 6.07 Å². The molecule has 5 nitrogen and oxygen atoms in total. The van der Waals surface area contributed by atoms with Crippen LogP contribution in [0.4, 0.5) is 5.69 Å². The monoisotopic (exact) mass is 280 g/mol. The molecule has 106 valence electrons. The van der Waals surface area contributed by atoms with Gasteiger partial charge in [0, 0.05) is 30.6 Å². The van der Waals surface area contributed by atoms with Crippen LogP contribution in [0.2, 0.25) is 0 Å². The van der Waals surface area contributed by atoms with Crippen LogP contribution in [0, 0.1) is 6.92 Å². The molecule has 0 aliphatic carbocycles. The van der Waals surface area contributed by atoms with E-state index in [2.05, 4.69) is 33.5 Å². The molecule has 1 atom stereocenters. The molecule has 0 radical (unpaired) electrons. The van der Waals surface area contributed by atoms with E-state index in [0.29, 0.717) is 11.8 Å². The zero-order valence-corrected chi connectivity index (χ0v) is 11.9. The lowest BCUT2D eigenvalue weighted by Gasteiger charge is -2.15. The summed E-state index contributed by atoms with van der Waals surface area (Å²) in [6.07, 6.45) is 3.64. The van der Waals surface area contributed by atoms with E-state index in [4.69, 9.17) is 4.42 Å². The van der Waals surface area contributed by atoms with Crippen molar-refractivity contribution in [2.24, 2.45) is 0 Å². The third-order valence-electron chi connectivity index (χ3n) is 3.23. The molecule has 0 saturated carbocycles. The normalized spacial score (nSPS) is 12.1. The van der Waals surface area contributed by atoms with Crippen LogP contribution in [0.3, 0.4) is 0 Å². The molecule has 0 aliphatic rings. The molecule has 2 aromatic heterocycles. The maximum atomic E-state index is 5.41. The van der Waals surface area contributed by atoms with Gasteiger partial charge in [0.25, 0.3) is 0 Å². The third-order valence-corrected chi connectivity index (χ3v) is 3.23. The fraction of sp³-hybridized carbons (Fsp3) is 0.188. The van der Waals surface area contributed by atoms with Crippen molar-refractivity contribution in [1.82, 2.24) is 15.2 Å². The van der Waals surface area contributed by atoms with Crippen LogP contribution in [0.5, 0.6) is 0 Å². The van der Waals surface area contributed by atoms with Crippen LogP contribution in [0.25, 0.3) is 11.5 Å². The summed E-state index contributed by atoms with van der Waals surface area (Å²) in [7, 11) is 0. The number of anilines is 1. The summed E-state index contributed by atoms with van der Waals surface area (Å²) in [5, 5.41) is 11.3. The number of aromatic nitrogens is 3. The molecule has 3 aromatic rings. The Morgan fingerprint density at radius 1 is 1.10 bits per heavy atom. The van der Waals surface area contributed by atoms with E-state index in [1.54, 1.807) is 13.1 Å². The Balaban J connectivity index is 1.73. The second-order valence-electron chi connectivity index (χ2n) is 4.86. The quantitative estimate of drug-likeness (QED) is 0.790. The molecule has 0 spiro atoms. The highest BCUT2D eigenvalue weighted by molar-refractivity contribution is 5.58. The highest BCUT2D eigenvalue weighted by atomic mass is 16.4. The summed E-state index contributed by atoms with van der Waals surface area (Å²) in [5.41, 5.74) is 3.09. The van der Waals surface area contributed by atoms with Crippen molar-refractivity contribution >= 4 is 5.69 Å². The smallest absolute Gasteiger partial charge is 0.247 e. The number of hydrogen-bond acceptors (Lipinski definition) is 5. The molecule has 21 heavy (non-hydrogen) atoms. The predicted molar refractivity (Wildman–Crippen MR) is 80.7 cm³/mol. The first-order valence-corrected chi connectivity index (χ1v) is 6.79. The molecular weight excluding hydrogens is 264 g/mol. The number of hydrogen-bond donors (Lipinski definition) is 1. The van der Waals surface area contributed by atoms with Gasteiger partial charge in [0.1, 0.15) is 0 Å². The summed E-state index contributed by atoms with van der Waals surface area (Å²) >= 11 is 0. The van der Waals surface area contributed by atoms with Crippen LogP contribution >= 0.6 is 0 Å². The minimum atomic E-state index is 0.190. The first-order chi connectivity index (χ1) is 10.2. The largest absolute Gasteiger partial charge is 0.421 e. The number of aryl methyl sites for hydroxylation is 1. The second-order valence-corrected chi connectivity index (χ2v) is 4.86. The lowest BCUT2D eigenvalue weighted by molar-refractivity contribution is 0.533. The second kappa shape index (κ2) is 5.75. The van der Waals surface area contributed by atoms with Gasteiger partial charge in [-0.05, 0) is 42.8 Å². The van der Waals surface area contributed by atoms with Crippen molar-refractivity contribution in [3.8, 4) is 11.5 Å². The fourth-order valence-electron chi connectivity index (χ4n) is 2.09. The maximum Gasteiger partial charge on any atom is 0.247 e. The van der Waals surface area contributed by atoms with Gasteiger partial charge in [-0.2, -0.15) is 0 Å². The number of pyridine rings is 1. The lowest BCUT2D eigenvalue weighted by Crippen LogP contribution is -2.06. The Hall–Kier alpha value is -2.69. The highest BCUT2D eigenvalue weighted by Gasteiger charge is 2.07. The standard InChI is InChI=1S/C16H16N4O/c1-11(14-4-3-9-17-10-14)18-15-7-5-13(6-8-15)16-20-19-12(2)21-16/h3-11,18H,1-2H3. The van der Waals surface area contributed by atoms with Crippen molar-refractivity contribution in [3.05, 3.63) is 60.2 Å². The van der Waals surface area contributed by atoms with E-state index >= 15 is 0 Å². The summed E-state index contributed by atoms with van der Waals surface area (Å²) in [4.78, 5) is 4.14. The van der Waals surface area contributed by atoms with E-state index in [-0.39, 0.29) is 6.04 Å². The van der Waals surface area contributed by atoms with E-state index in [1.807, 2.05) is 36.5 Å². The lowest BCUT2D eigenvalue weighted by atomic mass is 10.1. The van der Waals surface area contributed by atoms with Crippen LogP contribution < -0.4 is 5.32 Å². The van der Waals surface area contributed by atoms with E-state index in [1.165, 1.54) is 0 Å². The fourth-order valence-corrected chi connectivity index (χ4v) is 2.09. The molecule has 1 aromatic carbocycles. The molecule has 1 N–H and O–H groups in total.